The summed E-state index contributed by atoms with van der Waals surface area (Å²) in [5.41, 5.74) is 9.25. The minimum Gasteiger partial charge on any atom is -0.507 e. The molecule has 2 nitrogen and oxygen atoms in total. The molecule has 0 aromatic heterocycles. The monoisotopic (exact) mass is 645 g/mol. The Morgan fingerprint density at radius 3 is 1.57 bits per heavy atom. The van der Waals surface area contributed by atoms with E-state index >= 15 is 0 Å². The van der Waals surface area contributed by atoms with Crippen LogP contribution in [0.15, 0.2) is 96.0 Å². The Bertz CT molecular complexity index is 1700. The number of phenols is 1. The fourth-order valence-electron chi connectivity index (χ4n) is 7.34. The van der Waals surface area contributed by atoms with Crippen LogP contribution in [0.25, 0.3) is 22.3 Å². The summed E-state index contributed by atoms with van der Waals surface area (Å²) < 4.78 is 0. The van der Waals surface area contributed by atoms with Crippen LogP contribution < -0.4 is 0 Å². The van der Waals surface area contributed by atoms with E-state index in [1.165, 1.54) is 11.0 Å². The van der Waals surface area contributed by atoms with Gasteiger partial charge >= 0.3 is 0 Å². The molecule has 0 amide bonds. The first-order valence-corrected chi connectivity index (χ1v) is 18.8. The van der Waals surface area contributed by atoms with Gasteiger partial charge in [-0.25, -0.2) is 0 Å². The van der Waals surface area contributed by atoms with Gasteiger partial charge in [-0.3, -0.25) is 4.99 Å². The minimum atomic E-state index is -0.661. The van der Waals surface area contributed by atoms with Crippen molar-refractivity contribution in [2.45, 2.75) is 111 Å². The number of hydrogen-bond donors (Lipinski definition) is 1. The van der Waals surface area contributed by atoms with Crippen LogP contribution in [0.3, 0.4) is 0 Å². The van der Waals surface area contributed by atoms with E-state index in [1.807, 2.05) is 0 Å². The van der Waals surface area contributed by atoms with Gasteiger partial charge in [-0.05, 0) is 56.2 Å². The number of nitrogens with zero attached hydrogens (tertiary/aromatic N) is 1. The van der Waals surface area contributed by atoms with Crippen molar-refractivity contribution >= 4 is 19.1 Å². The maximum Gasteiger partial charge on any atom is 0.123 e. The van der Waals surface area contributed by atoms with Gasteiger partial charge in [0.25, 0.3) is 0 Å². The lowest BCUT2D eigenvalue weighted by molar-refractivity contribution is 0.251. The van der Waals surface area contributed by atoms with Gasteiger partial charge in [0.1, 0.15) is 5.75 Å². The summed E-state index contributed by atoms with van der Waals surface area (Å²) in [4.78, 5) is 6.01. The first-order valence-electron chi connectivity index (χ1n) is 17.3. The number of aliphatic imine (C=N–C) groups is 1. The number of benzene rings is 4. The Kier molecular flexibility index (Phi) is 9.22. The lowest BCUT2D eigenvalue weighted by atomic mass is 9.60. The number of rotatable bonds is 4. The second-order valence-electron chi connectivity index (χ2n) is 17.5. The van der Waals surface area contributed by atoms with Gasteiger partial charge in [-0.2, -0.15) is 0 Å². The molecular formula is C44H56NOP. The van der Waals surface area contributed by atoms with Crippen LogP contribution in [-0.4, -0.2) is 21.9 Å². The molecular weight excluding hydrogens is 589 g/mol. The summed E-state index contributed by atoms with van der Waals surface area (Å²) in [7, 11) is -0.661. The number of phenolic OH excluding ortho intramolecular Hbond substituents is 1. The van der Waals surface area contributed by atoms with E-state index in [0.29, 0.717) is 5.75 Å². The molecule has 4 aromatic rings. The van der Waals surface area contributed by atoms with Crippen LogP contribution >= 0.6 is 7.92 Å². The molecule has 0 spiro atoms. The van der Waals surface area contributed by atoms with Crippen LogP contribution in [0.1, 0.15) is 106 Å². The average Bonchev–Trinajstić information content (AvgIpc) is 3.38. The second kappa shape index (κ2) is 12.3. The molecule has 0 aliphatic carbocycles. The van der Waals surface area contributed by atoms with Gasteiger partial charge in [-0.1, -0.05) is 182 Å². The van der Waals surface area contributed by atoms with Crippen molar-refractivity contribution in [2.24, 2.45) is 10.4 Å². The zero-order valence-electron chi connectivity index (χ0n) is 30.9. The molecule has 5 rings (SSSR count). The molecule has 1 fully saturated rings. The third-order valence-electron chi connectivity index (χ3n) is 10.1. The van der Waals surface area contributed by atoms with Gasteiger partial charge in [0.05, 0.1) is 11.1 Å². The largest absolute Gasteiger partial charge is 0.507 e. The Morgan fingerprint density at radius 1 is 0.638 bits per heavy atom. The standard InChI is InChI=1S/C44H56NOP/c1-40(2,3)32-28-35(41(4,5)6)38(46)36(29-32)44(42(7,8)9)26-27-47(43(10,11)12)39(44)45-37-33(30-20-15-13-16-21-30)24-19-25-34(37)31-22-17-14-18-23-31/h13-25,28-29,46H,26-27H2,1-12H3. The topological polar surface area (TPSA) is 32.6 Å². The highest BCUT2D eigenvalue weighted by atomic mass is 31.1. The molecule has 1 aliphatic rings. The van der Waals surface area contributed by atoms with Crippen molar-refractivity contribution in [3.8, 4) is 28.0 Å². The molecule has 3 heteroatoms. The molecule has 47 heavy (non-hydrogen) atoms. The maximum atomic E-state index is 12.5. The number of hydrogen-bond acceptors (Lipinski definition) is 2. The second-order valence-corrected chi connectivity index (χ2v) is 20.6. The lowest BCUT2D eigenvalue weighted by Crippen LogP contribution is -2.44. The van der Waals surface area contributed by atoms with Gasteiger partial charge in [0.15, 0.2) is 0 Å². The summed E-state index contributed by atoms with van der Waals surface area (Å²) in [6.07, 6.45) is 2.03. The molecule has 1 heterocycles. The SMILES string of the molecule is CC(C)(C)c1cc(C(C)(C)C)c(O)c(C2(C(C)(C)C)CCP(C(C)(C)C)C2=Nc2c(-c3ccccc3)cccc2-c2ccccc2)c1. The van der Waals surface area contributed by atoms with Crippen LogP contribution in [0.2, 0.25) is 0 Å². The molecule has 2 unspecified atom stereocenters. The van der Waals surface area contributed by atoms with Gasteiger partial charge < -0.3 is 5.11 Å². The van der Waals surface area contributed by atoms with Crippen molar-refractivity contribution in [1.82, 2.24) is 0 Å². The fraction of sp³-hybridized carbons (Fsp3) is 0.432. The van der Waals surface area contributed by atoms with Gasteiger partial charge in [0, 0.05) is 22.1 Å². The molecule has 2 atom stereocenters. The van der Waals surface area contributed by atoms with Crippen LogP contribution in [0.4, 0.5) is 5.69 Å². The summed E-state index contributed by atoms with van der Waals surface area (Å²) in [6, 6.07) is 32.6. The first-order chi connectivity index (χ1) is 21.8. The quantitative estimate of drug-likeness (QED) is 0.220. The summed E-state index contributed by atoms with van der Waals surface area (Å²) in [6.45, 7) is 27.8. The first kappa shape index (κ1) is 35.1. The molecule has 1 N–H and O–H groups in total. The van der Waals surface area contributed by atoms with E-state index in [9.17, 15) is 5.11 Å². The Labute approximate surface area is 286 Å². The normalized spacial score (nSPS) is 20.2. The highest BCUT2D eigenvalue weighted by molar-refractivity contribution is 7.77. The Hall–Kier alpha value is -3.22. The molecule has 0 bridgehead atoms. The Balaban J connectivity index is 1.96. The van der Waals surface area contributed by atoms with E-state index in [-0.39, 0.29) is 21.4 Å². The molecule has 0 radical (unpaired) electrons. The van der Waals surface area contributed by atoms with Crippen molar-refractivity contribution in [1.29, 1.82) is 0 Å². The molecule has 0 saturated carbocycles. The molecule has 248 valence electrons. The summed E-state index contributed by atoms with van der Waals surface area (Å²) in [5.74, 6) is 0.443. The minimum absolute atomic E-state index is 0.0415. The third kappa shape index (κ3) is 6.61. The van der Waals surface area contributed by atoms with E-state index in [0.717, 1.165) is 51.7 Å². The molecule has 1 aliphatic heterocycles. The number of aromatic hydroxyl groups is 1. The van der Waals surface area contributed by atoms with Crippen LogP contribution in [0.5, 0.6) is 5.75 Å². The van der Waals surface area contributed by atoms with Gasteiger partial charge in [-0.15, -0.1) is 0 Å². The zero-order valence-corrected chi connectivity index (χ0v) is 31.8. The molecule has 1 saturated heterocycles. The predicted octanol–water partition coefficient (Wildman–Crippen LogP) is 13.0. The van der Waals surface area contributed by atoms with Gasteiger partial charge in [0.2, 0.25) is 0 Å². The van der Waals surface area contributed by atoms with Crippen molar-refractivity contribution in [3.05, 3.63) is 108 Å². The fourth-order valence-corrected chi connectivity index (χ4v) is 10.7. The van der Waals surface area contributed by atoms with Crippen molar-refractivity contribution < 1.29 is 5.11 Å². The van der Waals surface area contributed by atoms with Crippen molar-refractivity contribution in [3.63, 3.8) is 0 Å². The zero-order chi connectivity index (χ0) is 34.6. The molecule has 4 aromatic carbocycles. The maximum absolute atomic E-state index is 12.5. The Morgan fingerprint density at radius 2 is 1.15 bits per heavy atom. The highest BCUT2D eigenvalue weighted by Crippen LogP contribution is 2.69. The van der Waals surface area contributed by atoms with Crippen LogP contribution in [0, 0.1) is 5.41 Å². The lowest BCUT2D eigenvalue weighted by Gasteiger charge is -2.46. The van der Waals surface area contributed by atoms with Crippen LogP contribution in [-0.2, 0) is 16.2 Å². The smallest absolute Gasteiger partial charge is 0.123 e. The summed E-state index contributed by atoms with van der Waals surface area (Å²) in [5, 5.41) is 12.5. The van der Waals surface area contributed by atoms with E-state index < -0.39 is 13.3 Å². The van der Waals surface area contributed by atoms with E-state index in [4.69, 9.17) is 4.99 Å². The summed E-state index contributed by atoms with van der Waals surface area (Å²) >= 11 is 0. The van der Waals surface area contributed by atoms with Crippen molar-refractivity contribution in [2.75, 3.05) is 6.16 Å². The third-order valence-corrected chi connectivity index (χ3v) is 13.4. The average molecular weight is 646 g/mol. The highest BCUT2D eigenvalue weighted by Gasteiger charge is 2.57. The van der Waals surface area contributed by atoms with E-state index in [1.54, 1.807) is 0 Å². The van der Waals surface area contributed by atoms with E-state index in [2.05, 4.69) is 174 Å². The predicted molar refractivity (Wildman–Crippen MR) is 207 cm³/mol. The number of para-hydroxylation sites is 1.